The Labute approximate surface area is 175 Å². The number of aromatic nitrogens is 1. The van der Waals surface area contributed by atoms with Crippen LogP contribution in [0.1, 0.15) is 51.0 Å². The number of piperazine rings is 1. The van der Waals surface area contributed by atoms with Gasteiger partial charge in [-0.05, 0) is 57.7 Å². The number of nitrogens with zero attached hydrogens (tertiary/aromatic N) is 3. The highest BCUT2D eigenvalue weighted by molar-refractivity contribution is 5.73. The first-order valence-corrected chi connectivity index (χ1v) is 11.3. The molecule has 0 aromatic carbocycles. The van der Waals surface area contributed by atoms with Gasteiger partial charge in [-0.15, -0.1) is 0 Å². The van der Waals surface area contributed by atoms with E-state index in [1.54, 1.807) is 6.20 Å². The zero-order valence-corrected chi connectivity index (χ0v) is 17.9. The van der Waals surface area contributed by atoms with Crippen molar-refractivity contribution in [3.05, 3.63) is 23.9 Å². The first kappa shape index (κ1) is 21.8. The molecule has 2 fully saturated rings. The molecule has 1 saturated carbocycles. The molecule has 3 rings (SSSR count). The summed E-state index contributed by atoms with van der Waals surface area (Å²) in [7, 11) is 0. The number of nitrogens with one attached hydrogen (secondary N) is 2. The van der Waals surface area contributed by atoms with Gasteiger partial charge >= 0.3 is 6.03 Å². The van der Waals surface area contributed by atoms with E-state index in [2.05, 4.69) is 32.3 Å². The maximum Gasteiger partial charge on any atom is 0.315 e. The minimum atomic E-state index is -0.128. The zero-order chi connectivity index (χ0) is 20.3. The molecule has 1 aromatic heterocycles. The Kier molecular flexibility index (Phi) is 9.02. The number of amides is 2. The molecule has 2 heterocycles. The lowest BCUT2D eigenvalue weighted by Crippen LogP contribution is -2.46. The summed E-state index contributed by atoms with van der Waals surface area (Å²) < 4.78 is 6.03. The van der Waals surface area contributed by atoms with Crippen LogP contribution in [0.5, 0.6) is 5.88 Å². The molecule has 2 N–H and O–H groups in total. The number of ether oxygens (including phenoxy) is 1. The highest BCUT2D eigenvalue weighted by atomic mass is 16.5. The van der Waals surface area contributed by atoms with Crippen molar-refractivity contribution in [2.75, 3.05) is 45.8 Å². The Morgan fingerprint density at radius 3 is 2.66 bits per heavy atom. The van der Waals surface area contributed by atoms with Crippen molar-refractivity contribution in [2.24, 2.45) is 0 Å². The van der Waals surface area contributed by atoms with E-state index in [0.717, 1.165) is 57.4 Å². The van der Waals surface area contributed by atoms with E-state index in [1.807, 2.05) is 12.1 Å². The number of rotatable bonds is 10. The average Bonchev–Trinajstić information content (AvgIpc) is 3.26. The minimum absolute atomic E-state index is 0.128. The third-order valence-electron chi connectivity index (χ3n) is 5.97. The molecule has 2 aliphatic rings. The zero-order valence-electron chi connectivity index (χ0n) is 17.9. The SMILES string of the molecule is CCN1CCN(CCCCNC(=O)NCc2cccnc2OC2CCCC2)CC1. The summed E-state index contributed by atoms with van der Waals surface area (Å²) in [6, 6.07) is 3.73. The Hall–Kier alpha value is -1.86. The smallest absolute Gasteiger partial charge is 0.315 e. The van der Waals surface area contributed by atoms with Gasteiger partial charge < -0.3 is 25.2 Å². The monoisotopic (exact) mass is 403 g/mol. The maximum atomic E-state index is 12.1. The second kappa shape index (κ2) is 12.0. The van der Waals surface area contributed by atoms with Gasteiger partial charge in [-0.1, -0.05) is 13.0 Å². The quantitative estimate of drug-likeness (QED) is 0.588. The summed E-state index contributed by atoms with van der Waals surface area (Å²) >= 11 is 0. The summed E-state index contributed by atoms with van der Waals surface area (Å²) in [6.07, 6.45) is 8.78. The second-order valence-corrected chi connectivity index (χ2v) is 8.08. The van der Waals surface area contributed by atoms with Crippen molar-refractivity contribution in [2.45, 2.75) is 58.1 Å². The first-order valence-electron chi connectivity index (χ1n) is 11.3. The fourth-order valence-electron chi connectivity index (χ4n) is 4.06. The first-order chi connectivity index (χ1) is 14.2. The third kappa shape index (κ3) is 7.48. The molecule has 0 spiro atoms. The van der Waals surface area contributed by atoms with Crippen LogP contribution >= 0.6 is 0 Å². The fraction of sp³-hybridized carbons (Fsp3) is 0.727. The highest BCUT2D eigenvalue weighted by Crippen LogP contribution is 2.24. The van der Waals surface area contributed by atoms with E-state index in [-0.39, 0.29) is 12.1 Å². The molecule has 0 bridgehead atoms. The number of unbranched alkanes of at least 4 members (excludes halogenated alkanes) is 1. The molecule has 1 aliphatic heterocycles. The van der Waals surface area contributed by atoms with Crippen molar-refractivity contribution in [3.63, 3.8) is 0 Å². The van der Waals surface area contributed by atoms with Gasteiger partial charge in [0.05, 0.1) is 0 Å². The molecular formula is C22H37N5O2. The van der Waals surface area contributed by atoms with Crippen molar-refractivity contribution in [3.8, 4) is 5.88 Å². The normalized spacial score (nSPS) is 18.7. The van der Waals surface area contributed by atoms with Crippen LogP contribution in [-0.2, 0) is 6.54 Å². The number of carbonyl (C=O) groups excluding carboxylic acids is 1. The summed E-state index contributed by atoms with van der Waals surface area (Å²) in [6.45, 7) is 10.3. The molecule has 7 nitrogen and oxygen atoms in total. The van der Waals surface area contributed by atoms with E-state index in [4.69, 9.17) is 4.74 Å². The van der Waals surface area contributed by atoms with Crippen LogP contribution in [0, 0.1) is 0 Å². The molecule has 29 heavy (non-hydrogen) atoms. The van der Waals surface area contributed by atoms with Crippen molar-refractivity contribution in [1.29, 1.82) is 0 Å². The van der Waals surface area contributed by atoms with Gasteiger partial charge in [0, 0.05) is 51.0 Å². The van der Waals surface area contributed by atoms with Crippen LogP contribution in [0.25, 0.3) is 0 Å². The Bertz CT molecular complexity index is 613. The van der Waals surface area contributed by atoms with E-state index in [9.17, 15) is 4.79 Å². The number of urea groups is 1. The van der Waals surface area contributed by atoms with E-state index in [0.29, 0.717) is 19.0 Å². The van der Waals surface area contributed by atoms with Crippen LogP contribution in [0.2, 0.25) is 0 Å². The molecule has 0 atom stereocenters. The molecule has 2 amide bonds. The number of pyridine rings is 1. The topological polar surface area (TPSA) is 69.7 Å². The Balaban J connectivity index is 1.27. The van der Waals surface area contributed by atoms with Crippen molar-refractivity contribution >= 4 is 6.03 Å². The second-order valence-electron chi connectivity index (χ2n) is 8.08. The van der Waals surface area contributed by atoms with Gasteiger partial charge in [-0.3, -0.25) is 0 Å². The van der Waals surface area contributed by atoms with Crippen LogP contribution in [0.4, 0.5) is 4.79 Å². The van der Waals surface area contributed by atoms with Gasteiger partial charge in [0.2, 0.25) is 5.88 Å². The Morgan fingerprint density at radius 1 is 1.14 bits per heavy atom. The molecule has 162 valence electrons. The van der Waals surface area contributed by atoms with Gasteiger partial charge in [-0.25, -0.2) is 9.78 Å². The molecular weight excluding hydrogens is 366 g/mol. The van der Waals surface area contributed by atoms with Crippen molar-refractivity contribution in [1.82, 2.24) is 25.4 Å². The van der Waals surface area contributed by atoms with Gasteiger partial charge in [0.15, 0.2) is 0 Å². The lowest BCUT2D eigenvalue weighted by Gasteiger charge is -2.33. The van der Waals surface area contributed by atoms with E-state index in [1.165, 1.54) is 25.9 Å². The lowest BCUT2D eigenvalue weighted by atomic mass is 10.2. The fourth-order valence-corrected chi connectivity index (χ4v) is 4.06. The maximum absolute atomic E-state index is 12.1. The largest absolute Gasteiger partial charge is 0.474 e. The van der Waals surface area contributed by atoms with Crippen LogP contribution in [0.3, 0.4) is 0 Å². The predicted octanol–water partition coefficient (Wildman–Crippen LogP) is 2.62. The number of hydrogen-bond acceptors (Lipinski definition) is 5. The molecule has 0 unspecified atom stereocenters. The predicted molar refractivity (Wildman–Crippen MR) is 115 cm³/mol. The van der Waals surface area contributed by atoms with Crippen molar-refractivity contribution < 1.29 is 9.53 Å². The van der Waals surface area contributed by atoms with Gasteiger partial charge in [0.1, 0.15) is 6.10 Å². The molecule has 1 aromatic rings. The van der Waals surface area contributed by atoms with Crippen LogP contribution in [-0.4, -0.2) is 72.7 Å². The standard InChI is InChI=1S/C22H37N5O2/c1-2-26-14-16-27(17-15-26)13-6-5-11-24-22(28)25-18-19-8-7-12-23-21(19)29-20-9-3-4-10-20/h7-8,12,20H,2-6,9-11,13-18H2,1H3,(H2,24,25,28). The summed E-state index contributed by atoms with van der Waals surface area (Å²) in [5.41, 5.74) is 0.931. The molecule has 1 aliphatic carbocycles. The van der Waals surface area contributed by atoms with Gasteiger partial charge in [0.25, 0.3) is 0 Å². The summed E-state index contributed by atoms with van der Waals surface area (Å²) in [4.78, 5) is 21.5. The highest BCUT2D eigenvalue weighted by Gasteiger charge is 2.19. The van der Waals surface area contributed by atoms with E-state index >= 15 is 0 Å². The average molecular weight is 404 g/mol. The van der Waals surface area contributed by atoms with E-state index < -0.39 is 0 Å². The lowest BCUT2D eigenvalue weighted by molar-refractivity contribution is 0.135. The minimum Gasteiger partial charge on any atom is -0.474 e. The van der Waals surface area contributed by atoms with Crippen LogP contribution < -0.4 is 15.4 Å². The number of hydrogen-bond donors (Lipinski definition) is 2. The molecule has 1 saturated heterocycles. The van der Waals surface area contributed by atoms with Gasteiger partial charge in [-0.2, -0.15) is 0 Å². The summed E-state index contributed by atoms with van der Waals surface area (Å²) in [5, 5.41) is 5.89. The number of carbonyl (C=O) groups is 1. The van der Waals surface area contributed by atoms with Crippen LogP contribution in [0.15, 0.2) is 18.3 Å². The molecule has 0 radical (unpaired) electrons. The number of likely N-dealkylation sites (N-methyl/N-ethyl adjacent to an activating group) is 1. The third-order valence-corrected chi connectivity index (χ3v) is 5.97. The molecule has 7 heteroatoms. The summed E-state index contributed by atoms with van der Waals surface area (Å²) in [5.74, 6) is 0.655. The Morgan fingerprint density at radius 2 is 1.90 bits per heavy atom.